The topological polar surface area (TPSA) is 72.5 Å². The van der Waals surface area contributed by atoms with Crippen molar-refractivity contribution in [3.63, 3.8) is 0 Å². The van der Waals surface area contributed by atoms with Crippen molar-refractivity contribution >= 4 is 15.8 Å². The lowest BCUT2D eigenvalue weighted by atomic mass is 9.87. The van der Waals surface area contributed by atoms with E-state index in [1.807, 2.05) is 6.92 Å². The van der Waals surface area contributed by atoms with Crippen molar-refractivity contribution in [2.24, 2.45) is 5.41 Å². The number of carbonyl (C=O) groups excluding carboxylic acids is 1. The molecule has 6 heteroatoms. The summed E-state index contributed by atoms with van der Waals surface area (Å²) in [7, 11) is -2.25. The second-order valence-corrected chi connectivity index (χ2v) is 8.10. The van der Waals surface area contributed by atoms with E-state index in [1.54, 1.807) is 0 Å². The third-order valence-corrected chi connectivity index (χ3v) is 5.98. The summed E-state index contributed by atoms with van der Waals surface area (Å²) < 4.78 is 29.1. The molecular weight excluding hydrogens is 266 g/mol. The predicted octanol–water partition coefficient (Wildman–Crippen LogP) is 1.13. The summed E-state index contributed by atoms with van der Waals surface area (Å²) in [5.74, 6) is -1.20. The van der Waals surface area contributed by atoms with E-state index >= 15 is 0 Å². The molecule has 1 aliphatic carbocycles. The van der Waals surface area contributed by atoms with Crippen molar-refractivity contribution in [3.05, 3.63) is 0 Å². The number of carbonyl (C=O) groups is 1. The maximum absolute atomic E-state index is 12.3. The van der Waals surface area contributed by atoms with Crippen LogP contribution < -0.4 is 5.32 Å². The SMILES string of the molecule is CCCNC1C(S(=O)(=O)CC(=O)OC)CCC1(C)C. The average molecular weight is 291 g/mol. The highest BCUT2D eigenvalue weighted by Crippen LogP contribution is 2.40. The van der Waals surface area contributed by atoms with Gasteiger partial charge in [0.15, 0.2) is 9.84 Å². The van der Waals surface area contributed by atoms with Gasteiger partial charge in [-0.3, -0.25) is 4.79 Å². The first-order chi connectivity index (χ1) is 8.74. The Kier molecular flexibility index (Phi) is 5.38. The van der Waals surface area contributed by atoms with Crippen molar-refractivity contribution in [1.29, 1.82) is 0 Å². The third-order valence-electron chi connectivity index (χ3n) is 3.91. The molecule has 1 aliphatic rings. The number of nitrogens with one attached hydrogen (secondary N) is 1. The minimum absolute atomic E-state index is 0.0664. The lowest BCUT2D eigenvalue weighted by molar-refractivity contribution is -0.137. The normalized spacial score (nSPS) is 26.3. The number of rotatable bonds is 6. The highest BCUT2D eigenvalue weighted by Gasteiger charge is 2.47. The van der Waals surface area contributed by atoms with Crippen molar-refractivity contribution < 1.29 is 17.9 Å². The van der Waals surface area contributed by atoms with Crippen LogP contribution in [0.5, 0.6) is 0 Å². The molecular formula is C13H25NO4S. The molecule has 1 fully saturated rings. The Bertz CT molecular complexity index is 416. The van der Waals surface area contributed by atoms with E-state index in [0.717, 1.165) is 19.4 Å². The van der Waals surface area contributed by atoms with E-state index in [1.165, 1.54) is 7.11 Å². The van der Waals surface area contributed by atoms with Gasteiger partial charge in [0.1, 0.15) is 5.75 Å². The molecule has 5 nitrogen and oxygen atoms in total. The van der Waals surface area contributed by atoms with Gasteiger partial charge in [0.2, 0.25) is 0 Å². The molecule has 0 amide bonds. The van der Waals surface area contributed by atoms with Crippen LogP contribution in [0.4, 0.5) is 0 Å². The van der Waals surface area contributed by atoms with E-state index in [0.29, 0.717) is 6.42 Å². The number of hydrogen-bond acceptors (Lipinski definition) is 5. The fraction of sp³-hybridized carbons (Fsp3) is 0.923. The molecule has 1 rings (SSSR count). The zero-order valence-electron chi connectivity index (χ0n) is 12.2. The van der Waals surface area contributed by atoms with Crippen LogP contribution in [0.1, 0.15) is 40.0 Å². The zero-order chi connectivity index (χ0) is 14.7. The molecule has 0 bridgehead atoms. The molecule has 2 unspecified atom stereocenters. The number of sulfone groups is 1. The minimum atomic E-state index is -3.46. The summed E-state index contributed by atoms with van der Waals surface area (Å²) in [5, 5.41) is 2.85. The van der Waals surface area contributed by atoms with Crippen LogP contribution in [0.3, 0.4) is 0 Å². The number of ether oxygens (including phenoxy) is 1. The van der Waals surface area contributed by atoms with Crippen molar-refractivity contribution in [1.82, 2.24) is 5.32 Å². The van der Waals surface area contributed by atoms with Crippen LogP contribution >= 0.6 is 0 Å². The lowest BCUT2D eigenvalue weighted by Gasteiger charge is -2.31. The van der Waals surface area contributed by atoms with Gasteiger partial charge in [0.05, 0.1) is 12.4 Å². The lowest BCUT2D eigenvalue weighted by Crippen LogP contribution is -2.48. The van der Waals surface area contributed by atoms with Gasteiger partial charge >= 0.3 is 5.97 Å². The molecule has 0 spiro atoms. The fourth-order valence-corrected chi connectivity index (χ4v) is 4.78. The fourth-order valence-electron chi connectivity index (χ4n) is 2.76. The molecule has 0 heterocycles. The van der Waals surface area contributed by atoms with E-state index in [4.69, 9.17) is 0 Å². The summed E-state index contributed by atoms with van der Waals surface area (Å²) >= 11 is 0. The van der Waals surface area contributed by atoms with Crippen LogP contribution in [-0.2, 0) is 19.4 Å². The maximum Gasteiger partial charge on any atom is 0.320 e. The van der Waals surface area contributed by atoms with Gasteiger partial charge in [-0.1, -0.05) is 20.8 Å². The monoisotopic (exact) mass is 291 g/mol. The molecule has 0 radical (unpaired) electrons. The van der Waals surface area contributed by atoms with Gasteiger partial charge in [-0.25, -0.2) is 8.42 Å². The quantitative estimate of drug-likeness (QED) is 0.743. The van der Waals surface area contributed by atoms with Crippen LogP contribution in [0, 0.1) is 5.41 Å². The van der Waals surface area contributed by atoms with Gasteiger partial charge < -0.3 is 10.1 Å². The maximum atomic E-state index is 12.3. The molecule has 19 heavy (non-hydrogen) atoms. The molecule has 0 aromatic rings. The van der Waals surface area contributed by atoms with E-state index < -0.39 is 26.8 Å². The van der Waals surface area contributed by atoms with E-state index in [9.17, 15) is 13.2 Å². The van der Waals surface area contributed by atoms with Crippen LogP contribution in [0.15, 0.2) is 0 Å². The van der Waals surface area contributed by atoms with Crippen LogP contribution in [0.2, 0.25) is 0 Å². The Morgan fingerprint density at radius 3 is 2.58 bits per heavy atom. The van der Waals surface area contributed by atoms with Gasteiger partial charge in [-0.05, 0) is 31.2 Å². The van der Waals surface area contributed by atoms with Gasteiger partial charge in [0, 0.05) is 6.04 Å². The third kappa shape index (κ3) is 3.92. The second kappa shape index (κ2) is 6.22. The average Bonchev–Trinajstić information content (AvgIpc) is 2.62. The molecule has 0 aliphatic heterocycles. The first-order valence-electron chi connectivity index (χ1n) is 6.76. The summed E-state index contributed by atoms with van der Waals surface area (Å²) in [5.41, 5.74) is -0.0664. The molecule has 112 valence electrons. The van der Waals surface area contributed by atoms with Gasteiger partial charge in [0.25, 0.3) is 0 Å². The smallest absolute Gasteiger partial charge is 0.320 e. The Balaban J connectivity index is 2.88. The summed E-state index contributed by atoms with van der Waals surface area (Å²) in [6, 6.07) is -0.0953. The first kappa shape index (κ1) is 16.4. The second-order valence-electron chi connectivity index (χ2n) is 5.88. The molecule has 0 aromatic heterocycles. The first-order valence-corrected chi connectivity index (χ1v) is 8.48. The number of methoxy groups -OCH3 is 1. The Hall–Kier alpha value is -0.620. The predicted molar refractivity (Wildman–Crippen MR) is 74.7 cm³/mol. The van der Waals surface area contributed by atoms with Crippen LogP contribution in [-0.4, -0.2) is 45.1 Å². The van der Waals surface area contributed by atoms with Crippen LogP contribution in [0.25, 0.3) is 0 Å². The highest BCUT2D eigenvalue weighted by atomic mass is 32.2. The summed E-state index contributed by atoms with van der Waals surface area (Å²) in [6.07, 6.45) is 2.41. The van der Waals surface area contributed by atoms with Gasteiger partial charge in [-0.2, -0.15) is 0 Å². The molecule has 0 aromatic carbocycles. The summed E-state index contributed by atoms with van der Waals surface area (Å²) in [6.45, 7) is 6.99. The highest BCUT2D eigenvalue weighted by molar-refractivity contribution is 7.92. The Labute approximate surface area is 116 Å². The molecule has 1 N–H and O–H groups in total. The molecule has 1 saturated carbocycles. The standard InChI is InChI=1S/C13H25NO4S/c1-5-8-14-12-10(6-7-13(12,2)3)19(16,17)9-11(15)18-4/h10,12,14H,5-9H2,1-4H3. The molecule has 0 saturated heterocycles. The van der Waals surface area contributed by atoms with E-state index in [2.05, 4.69) is 23.9 Å². The van der Waals surface area contributed by atoms with Crippen molar-refractivity contribution in [2.45, 2.75) is 51.3 Å². The summed E-state index contributed by atoms with van der Waals surface area (Å²) in [4.78, 5) is 11.2. The van der Waals surface area contributed by atoms with Crippen molar-refractivity contribution in [3.8, 4) is 0 Å². The number of esters is 1. The van der Waals surface area contributed by atoms with Crippen molar-refractivity contribution in [2.75, 3.05) is 19.4 Å². The zero-order valence-corrected chi connectivity index (χ0v) is 13.0. The Morgan fingerprint density at radius 1 is 1.42 bits per heavy atom. The molecule has 2 atom stereocenters. The van der Waals surface area contributed by atoms with Gasteiger partial charge in [-0.15, -0.1) is 0 Å². The Morgan fingerprint density at radius 2 is 2.05 bits per heavy atom. The number of hydrogen-bond donors (Lipinski definition) is 1. The minimum Gasteiger partial charge on any atom is -0.468 e. The van der Waals surface area contributed by atoms with E-state index in [-0.39, 0.29) is 11.5 Å². The largest absolute Gasteiger partial charge is 0.468 e.